The number of aliphatic imine (C=N–C) groups is 1. The van der Waals surface area contributed by atoms with Gasteiger partial charge in [0.2, 0.25) is 0 Å². The zero-order valence-electron chi connectivity index (χ0n) is 17.6. The number of rotatable bonds is 10. The maximum Gasteiger partial charge on any atom is 0.319 e. The molecule has 1 aliphatic rings. The normalized spacial score (nSPS) is 14.1. The molecule has 2 amide bonds. The third-order valence-electron chi connectivity index (χ3n) is 4.36. The smallest absolute Gasteiger partial charge is 0.319 e. The number of urea groups is 1. The van der Waals surface area contributed by atoms with E-state index in [2.05, 4.69) is 27.8 Å². The predicted molar refractivity (Wildman–Crippen MR) is 115 cm³/mol. The molecular formula is C21H35N5O2. The van der Waals surface area contributed by atoms with Gasteiger partial charge < -0.3 is 25.6 Å². The quantitative estimate of drug-likeness (QED) is 0.327. The molecular weight excluding hydrogens is 354 g/mol. The molecule has 0 atom stereocenters. The predicted octanol–water partition coefficient (Wildman–Crippen LogP) is 3.04. The molecule has 28 heavy (non-hydrogen) atoms. The molecule has 1 aromatic rings. The van der Waals surface area contributed by atoms with Gasteiger partial charge in [-0.05, 0) is 57.2 Å². The molecule has 2 rings (SSSR count). The van der Waals surface area contributed by atoms with Crippen LogP contribution in [-0.2, 0) is 11.3 Å². The summed E-state index contributed by atoms with van der Waals surface area (Å²) < 4.78 is 5.72. The largest absolute Gasteiger partial charge is 0.379 e. The lowest BCUT2D eigenvalue weighted by atomic mass is 10.2. The second kappa shape index (κ2) is 11.5. The average Bonchev–Trinajstić information content (AvgIpc) is 3.47. The van der Waals surface area contributed by atoms with Crippen LogP contribution in [0.25, 0.3) is 0 Å². The third kappa shape index (κ3) is 8.61. The summed E-state index contributed by atoms with van der Waals surface area (Å²) in [5.41, 5.74) is 1.85. The van der Waals surface area contributed by atoms with Gasteiger partial charge in [-0.3, -0.25) is 0 Å². The molecule has 7 nitrogen and oxygen atoms in total. The van der Waals surface area contributed by atoms with Crippen LogP contribution < -0.4 is 16.0 Å². The first-order valence-corrected chi connectivity index (χ1v) is 10.2. The van der Waals surface area contributed by atoms with Gasteiger partial charge in [0.05, 0.1) is 13.2 Å². The fraction of sp³-hybridized carbons (Fsp3) is 0.619. The van der Waals surface area contributed by atoms with E-state index in [1.165, 1.54) is 12.8 Å². The van der Waals surface area contributed by atoms with E-state index in [4.69, 9.17) is 9.73 Å². The number of nitrogens with one attached hydrogen (secondary N) is 3. The standard InChI is InChI=1S/C21H35N5O2/c1-5-22-20(26(4)12-13-28-15-18-6-7-18)23-14-17-8-10-19(11-9-17)25-21(27)24-16(2)3/h8-11,16,18H,5-7,12-15H2,1-4H3,(H,22,23)(H2,24,25,27). The number of hydrogen-bond acceptors (Lipinski definition) is 3. The van der Waals surface area contributed by atoms with Gasteiger partial charge in [0.1, 0.15) is 0 Å². The van der Waals surface area contributed by atoms with Crippen molar-refractivity contribution in [2.24, 2.45) is 10.9 Å². The number of carbonyl (C=O) groups is 1. The SMILES string of the molecule is CCNC(=NCc1ccc(NC(=O)NC(C)C)cc1)N(C)CCOCC1CC1. The Hall–Kier alpha value is -2.28. The highest BCUT2D eigenvalue weighted by Gasteiger charge is 2.21. The molecule has 0 aliphatic heterocycles. The van der Waals surface area contributed by atoms with Crippen molar-refractivity contribution >= 4 is 17.7 Å². The molecule has 7 heteroatoms. The third-order valence-corrected chi connectivity index (χ3v) is 4.36. The first-order chi connectivity index (χ1) is 13.5. The minimum absolute atomic E-state index is 0.106. The monoisotopic (exact) mass is 389 g/mol. The Kier molecular flexibility index (Phi) is 9.07. The number of guanidine groups is 1. The number of likely N-dealkylation sites (N-methyl/N-ethyl adjacent to an activating group) is 1. The van der Waals surface area contributed by atoms with Crippen LogP contribution >= 0.6 is 0 Å². The minimum atomic E-state index is -0.194. The maximum atomic E-state index is 11.8. The molecule has 0 bridgehead atoms. The molecule has 0 saturated heterocycles. The zero-order chi connectivity index (χ0) is 20.4. The van der Waals surface area contributed by atoms with Gasteiger partial charge in [-0.2, -0.15) is 0 Å². The first-order valence-electron chi connectivity index (χ1n) is 10.2. The van der Waals surface area contributed by atoms with E-state index in [0.717, 1.165) is 49.4 Å². The van der Waals surface area contributed by atoms with Crippen molar-refractivity contribution < 1.29 is 9.53 Å². The summed E-state index contributed by atoms with van der Waals surface area (Å²) in [6.45, 7) is 9.74. The van der Waals surface area contributed by atoms with E-state index < -0.39 is 0 Å². The number of benzene rings is 1. The van der Waals surface area contributed by atoms with Crippen molar-refractivity contribution in [3.05, 3.63) is 29.8 Å². The molecule has 1 aliphatic carbocycles. The Morgan fingerprint density at radius 3 is 2.61 bits per heavy atom. The lowest BCUT2D eigenvalue weighted by Crippen LogP contribution is -2.40. The van der Waals surface area contributed by atoms with Gasteiger partial charge >= 0.3 is 6.03 Å². The summed E-state index contributed by atoms with van der Waals surface area (Å²) in [7, 11) is 2.03. The van der Waals surface area contributed by atoms with E-state index in [1.807, 2.05) is 45.2 Å². The Morgan fingerprint density at radius 2 is 2.00 bits per heavy atom. The summed E-state index contributed by atoms with van der Waals surface area (Å²) in [4.78, 5) is 18.6. The van der Waals surface area contributed by atoms with Gasteiger partial charge in [0.25, 0.3) is 0 Å². The van der Waals surface area contributed by atoms with E-state index in [0.29, 0.717) is 6.54 Å². The molecule has 0 aromatic heterocycles. The van der Waals surface area contributed by atoms with E-state index in [-0.39, 0.29) is 12.1 Å². The number of ether oxygens (including phenoxy) is 1. The number of hydrogen-bond donors (Lipinski definition) is 3. The van der Waals surface area contributed by atoms with Crippen LogP contribution in [0.3, 0.4) is 0 Å². The Morgan fingerprint density at radius 1 is 1.29 bits per heavy atom. The lowest BCUT2D eigenvalue weighted by molar-refractivity contribution is 0.115. The number of amides is 2. The number of anilines is 1. The highest BCUT2D eigenvalue weighted by atomic mass is 16.5. The van der Waals surface area contributed by atoms with Gasteiger partial charge in [-0.25, -0.2) is 9.79 Å². The van der Waals surface area contributed by atoms with Crippen LogP contribution in [-0.4, -0.2) is 56.3 Å². The number of carbonyl (C=O) groups excluding carboxylic acids is 1. The second-order valence-electron chi connectivity index (χ2n) is 7.56. The molecule has 0 spiro atoms. The topological polar surface area (TPSA) is 78.0 Å². The van der Waals surface area contributed by atoms with Crippen LogP contribution in [0.2, 0.25) is 0 Å². The lowest BCUT2D eigenvalue weighted by Gasteiger charge is -2.22. The van der Waals surface area contributed by atoms with Crippen molar-refractivity contribution in [3.63, 3.8) is 0 Å². The van der Waals surface area contributed by atoms with Crippen molar-refractivity contribution in [2.75, 3.05) is 38.7 Å². The van der Waals surface area contributed by atoms with Crippen molar-refractivity contribution in [2.45, 2.75) is 46.2 Å². The summed E-state index contributed by atoms with van der Waals surface area (Å²) >= 11 is 0. The van der Waals surface area contributed by atoms with E-state index in [9.17, 15) is 4.79 Å². The molecule has 0 unspecified atom stereocenters. The van der Waals surface area contributed by atoms with Crippen LogP contribution in [0.1, 0.15) is 39.2 Å². The van der Waals surface area contributed by atoms with Gasteiger partial charge in [0, 0.05) is 38.5 Å². The average molecular weight is 390 g/mol. The second-order valence-corrected chi connectivity index (χ2v) is 7.56. The van der Waals surface area contributed by atoms with Crippen LogP contribution in [0, 0.1) is 5.92 Å². The van der Waals surface area contributed by atoms with Gasteiger partial charge in [0.15, 0.2) is 5.96 Å². The van der Waals surface area contributed by atoms with Crippen molar-refractivity contribution in [3.8, 4) is 0 Å². The van der Waals surface area contributed by atoms with E-state index >= 15 is 0 Å². The maximum absolute atomic E-state index is 11.8. The Balaban J connectivity index is 1.82. The van der Waals surface area contributed by atoms with Crippen molar-refractivity contribution in [1.82, 2.24) is 15.5 Å². The molecule has 1 saturated carbocycles. The summed E-state index contributed by atoms with van der Waals surface area (Å²) in [5, 5.41) is 8.96. The molecule has 1 fully saturated rings. The summed E-state index contributed by atoms with van der Waals surface area (Å²) in [6, 6.07) is 7.67. The molecule has 0 heterocycles. The van der Waals surface area contributed by atoms with E-state index in [1.54, 1.807) is 0 Å². The van der Waals surface area contributed by atoms with Crippen LogP contribution in [0.15, 0.2) is 29.3 Å². The Labute approximate surface area is 168 Å². The zero-order valence-corrected chi connectivity index (χ0v) is 17.6. The molecule has 0 radical (unpaired) electrons. The highest BCUT2D eigenvalue weighted by molar-refractivity contribution is 5.89. The fourth-order valence-electron chi connectivity index (χ4n) is 2.60. The van der Waals surface area contributed by atoms with Crippen LogP contribution in [0.5, 0.6) is 0 Å². The van der Waals surface area contributed by atoms with Gasteiger partial charge in [-0.1, -0.05) is 12.1 Å². The highest BCUT2D eigenvalue weighted by Crippen LogP contribution is 2.28. The summed E-state index contributed by atoms with van der Waals surface area (Å²) in [6.07, 6.45) is 2.63. The summed E-state index contributed by atoms with van der Waals surface area (Å²) in [5.74, 6) is 1.66. The minimum Gasteiger partial charge on any atom is -0.379 e. The Bertz CT molecular complexity index is 626. The fourth-order valence-corrected chi connectivity index (χ4v) is 2.60. The molecule has 156 valence electrons. The van der Waals surface area contributed by atoms with Crippen molar-refractivity contribution in [1.29, 1.82) is 0 Å². The molecule has 3 N–H and O–H groups in total. The number of nitrogens with zero attached hydrogens (tertiary/aromatic N) is 2. The van der Waals surface area contributed by atoms with Gasteiger partial charge in [-0.15, -0.1) is 0 Å². The first kappa shape index (κ1) is 22.0. The molecule has 1 aromatic carbocycles. The van der Waals surface area contributed by atoms with Crippen LogP contribution in [0.4, 0.5) is 10.5 Å².